The molecule has 0 aliphatic carbocycles. The molecule has 10 nitrogen and oxygen atoms in total. The van der Waals surface area contributed by atoms with E-state index in [1.165, 1.54) is 0 Å². The molecule has 3 aliphatic rings. The molecule has 3 saturated heterocycles. The number of piperidine rings is 2. The van der Waals surface area contributed by atoms with Gasteiger partial charge in [0.15, 0.2) is 5.65 Å². The summed E-state index contributed by atoms with van der Waals surface area (Å²) in [6.07, 6.45) is 6.61. The third-order valence-electron chi connectivity index (χ3n) is 7.70. The second-order valence-corrected chi connectivity index (χ2v) is 10.8. The Balaban J connectivity index is 1.27. The lowest BCUT2D eigenvalue weighted by molar-refractivity contribution is 0.0581. The molecule has 0 radical (unpaired) electrons. The Morgan fingerprint density at radius 1 is 1.21 bits per heavy atom. The molecule has 5 rings (SSSR count). The lowest BCUT2D eigenvalue weighted by Crippen LogP contribution is -2.53. The summed E-state index contributed by atoms with van der Waals surface area (Å²) in [5.74, 6) is 7.61. The van der Waals surface area contributed by atoms with Crippen LogP contribution >= 0.6 is 0 Å². The smallest absolute Gasteiger partial charge is 0.410 e. The molecule has 0 saturated carbocycles. The molecule has 5 heterocycles. The number of nitrogens with zero attached hydrogens (tertiary/aromatic N) is 6. The van der Waals surface area contributed by atoms with E-state index in [2.05, 4.69) is 45.8 Å². The summed E-state index contributed by atoms with van der Waals surface area (Å²) < 4.78 is 14.0. The quantitative estimate of drug-likeness (QED) is 0.555. The number of carbonyl (C=O) groups is 1. The van der Waals surface area contributed by atoms with E-state index in [0.29, 0.717) is 12.4 Å². The topological polar surface area (TPSA) is 87.5 Å². The number of anilines is 1. The van der Waals surface area contributed by atoms with Crippen LogP contribution in [0.2, 0.25) is 0 Å². The molecule has 38 heavy (non-hydrogen) atoms. The number of carbonyl (C=O) groups excluding carboxylic acids is 1. The minimum absolute atomic E-state index is 0.0654. The second kappa shape index (κ2) is 12.2. The molecule has 0 aromatic carbocycles. The molecular weight excluding hydrogens is 482 g/mol. The Kier molecular flexibility index (Phi) is 8.55. The SMILES string of the molecule is CC#CCN1CCC(OC(=O)N2CCCC(N(c3ccnc4cc(O[C@@H]5CCCNC5)nn34)C(C)C)C2)C1. The molecule has 10 heteroatoms. The fourth-order valence-corrected chi connectivity index (χ4v) is 5.87. The van der Waals surface area contributed by atoms with Crippen LogP contribution in [0.3, 0.4) is 0 Å². The van der Waals surface area contributed by atoms with Gasteiger partial charge in [0, 0.05) is 57.1 Å². The summed E-state index contributed by atoms with van der Waals surface area (Å²) >= 11 is 0. The Hall–Kier alpha value is -3.03. The zero-order valence-electron chi connectivity index (χ0n) is 22.9. The molecule has 206 valence electrons. The molecule has 2 aromatic rings. The summed E-state index contributed by atoms with van der Waals surface area (Å²) in [5, 5.41) is 8.19. The van der Waals surface area contributed by atoms with Crippen LogP contribution in [-0.2, 0) is 4.74 Å². The molecule has 0 spiro atoms. The highest BCUT2D eigenvalue weighted by Gasteiger charge is 2.33. The fourth-order valence-electron chi connectivity index (χ4n) is 5.87. The van der Waals surface area contributed by atoms with Crippen LogP contribution in [0.4, 0.5) is 10.6 Å². The van der Waals surface area contributed by atoms with Gasteiger partial charge in [0.2, 0.25) is 5.88 Å². The molecule has 3 atom stereocenters. The van der Waals surface area contributed by atoms with E-state index in [0.717, 1.165) is 82.8 Å². The number of nitrogens with one attached hydrogen (secondary N) is 1. The summed E-state index contributed by atoms with van der Waals surface area (Å²) in [4.78, 5) is 24.2. The van der Waals surface area contributed by atoms with Gasteiger partial charge in [0.1, 0.15) is 18.0 Å². The van der Waals surface area contributed by atoms with E-state index in [1.807, 2.05) is 34.7 Å². The maximum Gasteiger partial charge on any atom is 0.410 e. The fraction of sp³-hybridized carbons (Fsp3) is 0.679. The highest BCUT2D eigenvalue weighted by Crippen LogP contribution is 2.28. The summed E-state index contributed by atoms with van der Waals surface area (Å²) in [7, 11) is 0. The van der Waals surface area contributed by atoms with Crippen molar-refractivity contribution in [2.75, 3.05) is 50.7 Å². The van der Waals surface area contributed by atoms with E-state index in [-0.39, 0.29) is 30.4 Å². The van der Waals surface area contributed by atoms with Crippen molar-refractivity contribution in [2.45, 2.75) is 77.2 Å². The van der Waals surface area contributed by atoms with Crippen molar-refractivity contribution in [1.82, 2.24) is 29.7 Å². The average Bonchev–Trinajstić information content (AvgIpc) is 3.55. The van der Waals surface area contributed by atoms with E-state index in [9.17, 15) is 4.79 Å². The standard InChI is InChI=1S/C28H41N7O3/c1-4-5-14-32-16-11-24(20-32)38-28(36)33-15-7-8-22(19-33)34(21(2)3)27-10-13-30-25-17-26(31-35(25)27)37-23-9-6-12-29-18-23/h10,13,17,21-24,29H,6-9,11-12,14-16,18-20H2,1-3H3/t22?,23-,24?/m1/s1. The van der Waals surface area contributed by atoms with Gasteiger partial charge in [-0.25, -0.2) is 9.78 Å². The predicted octanol–water partition coefficient (Wildman–Crippen LogP) is 2.77. The largest absolute Gasteiger partial charge is 0.472 e. The monoisotopic (exact) mass is 523 g/mol. The van der Waals surface area contributed by atoms with Gasteiger partial charge in [-0.05, 0) is 65.5 Å². The summed E-state index contributed by atoms with van der Waals surface area (Å²) in [5.41, 5.74) is 0.762. The average molecular weight is 524 g/mol. The van der Waals surface area contributed by atoms with Crippen molar-refractivity contribution < 1.29 is 14.3 Å². The van der Waals surface area contributed by atoms with Gasteiger partial charge in [0.05, 0.1) is 6.54 Å². The lowest BCUT2D eigenvalue weighted by atomic mass is 10.0. The first-order valence-electron chi connectivity index (χ1n) is 14.1. The molecular formula is C28H41N7O3. The molecule has 0 bridgehead atoms. The molecule has 2 aromatic heterocycles. The minimum atomic E-state index is -0.206. The van der Waals surface area contributed by atoms with Crippen LogP contribution in [0.15, 0.2) is 18.3 Å². The van der Waals surface area contributed by atoms with E-state index in [1.54, 1.807) is 0 Å². The van der Waals surface area contributed by atoms with Crippen LogP contribution in [0.5, 0.6) is 5.88 Å². The zero-order valence-corrected chi connectivity index (χ0v) is 22.9. The second-order valence-electron chi connectivity index (χ2n) is 10.8. The van der Waals surface area contributed by atoms with Crippen molar-refractivity contribution in [3.8, 4) is 17.7 Å². The van der Waals surface area contributed by atoms with Crippen LogP contribution in [0, 0.1) is 11.8 Å². The van der Waals surface area contributed by atoms with Crippen LogP contribution in [0.1, 0.15) is 52.9 Å². The Labute approximate surface area is 225 Å². The van der Waals surface area contributed by atoms with Crippen LogP contribution in [-0.4, -0.2) is 101 Å². The number of hydrogen-bond acceptors (Lipinski definition) is 8. The maximum atomic E-state index is 13.1. The van der Waals surface area contributed by atoms with E-state index >= 15 is 0 Å². The molecule has 1 N–H and O–H groups in total. The van der Waals surface area contributed by atoms with Crippen LogP contribution in [0.25, 0.3) is 5.65 Å². The van der Waals surface area contributed by atoms with Gasteiger partial charge in [-0.3, -0.25) is 4.90 Å². The third-order valence-corrected chi connectivity index (χ3v) is 7.70. The van der Waals surface area contributed by atoms with Crippen molar-refractivity contribution >= 4 is 17.6 Å². The number of hydrogen-bond donors (Lipinski definition) is 1. The Morgan fingerprint density at radius 3 is 2.89 bits per heavy atom. The minimum Gasteiger partial charge on any atom is -0.472 e. The van der Waals surface area contributed by atoms with E-state index < -0.39 is 0 Å². The first kappa shape index (κ1) is 26.6. The molecule has 3 aliphatic heterocycles. The van der Waals surface area contributed by atoms with Gasteiger partial charge in [-0.2, -0.15) is 4.52 Å². The number of ether oxygens (including phenoxy) is 2. The Morgan fingerprint density at radius 2 is 2.11 bits per heavy atom. The van der Waals surface area contributed by atoms with Crippen molar-refractivity contribution in [1.29, 1.82) is 0 Å². The molecule has 3 fully saturated rings. The predicted molar refractivity (Wildman–Crippen MR) is 146 cm³/mol. The van der Waals surface area contributed by atoms with Gasteiger partial charge < -0.3 is 24.6 Å². The highest BCUT2D eigenvalue weighted by molar-refractivity contribution is 5.68. The number of aromatic nitrogens is 3. The number of rotatable bonds is 7. The van der Waals surface area contributed by atoms with Crippen molar-refractivity contribution in [3.05, 3.63) is 18.3 Å². The normalized spacial score (nSPS) is 24.3. The lowest BCUT2D eigenvalue weighted by Gasteiger charge is -2.42. The maximum absolute atomic E-state index is 13.1. The zero-order chi connectivity index (χ0) is 26.5. The number of fused-ring (bicyclic) bond motifs is 1. The Bertz CT molecular complexity index is 1150. The first-order valence-corrected chi connectivity index (χ1v) is 14.1. The summed E-state index contributed by atoms with van der Waals surface area (Å²) in [6, 6.07) is 4.28. The van der Waals surface area contributed by atoms with Gasteiger partial charge in [-0.15, -0.1) is 11.0 Å². The number of likely N-dealkylation sites (tertiary alicyclic amines) is 2. The van der Waals surface area contributed by atoms with Crippen LogP contribution < -0.4 is 15.0 Å². The number of amides is 1. The first-order chi connectivity index (χ1) is 18.5. The molecule has 1 amide bonds. The summed E-state index contributed by atoms with van der Waals surface area (Å²) in [6.45, 7) is 11.9. The molecule has 2 unspecified atom stereocenters. The van der Waals surface area contributed by atoms with Crippen molar-refractivity contribution in [3.63, 3.8) is 0 Å². The highest BCUT2D eigenvalue weighted by atomic mass is 16.6. The van der Waals surface area contributed by atoms with Gasteiger partial charge >= 0.3 is 6.09 Å². The van der Waals surface area contributed by atoms with Gasteiger partial charge in [-0.1, -0.05) is 5.92 Å². The van der Waals surface area contributed by atoms with E-state index in [4.69, 9.17) is 14.6 Å². The van der Waals surface area contributed by atoms with Crippen molar-refractivity contribution in [2.24, 2.45) is 0 Å². The third kappa shape index (κ3) is 6.16. The van der Waals surface area contributed by atoms with Gasteiger partial charge in [0.25, 0.3) is 0 Å².